The number of hydrogen-bond donors (Lipinski definition) is 1. The molecule has 0 saturated heterocycles. The van der Waals surface area contributed by atoms with Crippen LogP contribution in [0.2, 0.25) is 0 Å². The van der Waals surface area contributed by atoms with E-state index >= 15 is 0 Å². The van der Waals surface area contributed by atoms with Gasteiger partial charge >= 0.3 is 0 Å². The van der Waals surface area contributed by atoms with E-state index in [1.807, 2.05) is 25.2 Å². The molecule has 0 aliphatic carbocycles. The lowest BCUT2D eigenvalue weighted by Gasteiger charge is -2.02. The van der Waals surface area contributed by atoms with E-state index < -0.39 is 0 Å². The van der Waals surface area contributed by atoms with Crippen LogP contribution in [0, 0.1) is 0 Å². The molecule has 1 aromatic heterocycles. The standard InChI is InChI=1S/C12H15N3S/c1-9(13-2)12-15-14-11(16-12)8-10-6-4-3-5-7-10/h3-7,9,13H,8H2,1-2H3. The lowest BCUT2D eigenvalue weighted by molar-refractivity contribution is 0.639. The third-order valence-corrected chi connectivity index (χ3v) is 3.59. The molecule has 84 valence electrons. The first-order valence-corrected chi connectivity index (χ1v) is 6.14. The molecule has 16 heavy (non-hydrogen) atoms. The van der Waals surface area contributed by atoms with Gasteiger partial charge in [0.2, 0.25) is 0 Å². The highest BCUT2D eigenvalue weighted by Gasteiger charge is 2.09. The zero-order chi connectivity index (χ0) is 11.4. The van der Waals surface area contributed by atoms with E-state index in [4.69, 9.17) is 0 Å². The maximum absolute atomic E-state index is 4.21. The van der Waals surface area contributed by atoms with Gasteiger partial charge in [-0.15, -0.1) is 10.2 Å². The predicted molar refractivity (Wildman–Crippen MR) is 66.6 cm³/mol. The minimum Gasteiger partial charge on any atom is -0.311 e. The average molecular weight is 233 g/mol. The number of nitrogens with one attached hydrogen (secondary N) is 1. The van der Waals surface area contributed by atoms with Crippen LogP contribution < -0.4 is 5.32 Å². The molecule has 0 radical (unpaired) electrons. The summed E-state index contributed by atoms with van der Waals surface area (Å²) in [6.07, 6.45) is 0.870. The van der Waals surface area contributed by atoms with Gasteiger partial charge in [-0.2, -0.15) is 0 Å². The molecule has 0 aliphatic heterocycles. The van der Waals surface area contributed by atoms with Gasteiger partial charge in [-0.25, -0.2) is 0 Å². The SMILES string of the molecule is CNC(C)c1nnc(Cc2ccccc2)s1. The van der Waals surface area contributed by atoms with E-state index in [2.05, 4.69) is 34.6 Å². The molecule has 1 atom stereocenters. The minimum atomic E-state index is 0.280. The maximum atomic E-state index is 4.21. The van der Waals surface area contributed by atoms with Crippen LogP contribution in [0.3, 0.4) is 0 Å². The Hall–Kier alpha value is -1.26. The van der Waals surface area contributed by atoms with E-state index in [0.29, 0.717) is 0 Å². The minimum absolute atomic E-state index is 0.280. The second-order valence-electron chi connectivity index (χ2n) is 3.71. The van der Waals surface area contributed by atoms with E-state index in [-0.39, 0.29) is 6.04 Å². The van der Waals surface area contributed by atoms with Crippen molar-refractivity contribution in [3.8, 4) is 0 Å². The van der Waals surface area contributed by atoms with E-state index in [1.165, 1.54) is 5.56 Å². The normalized spacial score (nSPS) is 12.6. The Labute approximate surface area is 99.5 Å². The fraction of sp³-hybridized carbons (Fsp3) is 0.333. The smallest absolute Gasteiger partial charge is 0.134 e. The first kappa shape index (κ1) is 11.2. The number of hydrogen-bond acceptors (Lipinski definition) is 4. The molecule has 0 bridgehead atoms. The molecule has 2 aromatic rings. The van der Waals surface area contributed by atoms with Crippen molar-refractivity contribution in [2.24, 2.45) is 0 Å². The van der Waals surface area contributed by atoms with Crippen LogP contribution in [0.5, 0.6) is 0 Å². The molecule has 1 unspecified atom stereocenters. The zero-order valence-electron chi connectivity index (χ0n) is 9.47. The second-order valence-corrected chi connectivity index (χ2v) is 4.80. The Kier molecular flexibility index (Phi) is 3.64. The number of benzene rings is 1. The number of rotatable bonds is 4. The molecular weight excluding hydrogens is 218 g/mol. The van der Waals surface area contributed by atoms with Crippen molar-refractivity contribution in [3.63, 3.8) is 0 Å². The number of aromatic nitrogens is 2. The Morgan fingerprint density at radius 2 is 2.00 bits per heavy atom. The summed E-state index contributed by atoms with van der Waals surface area (Å²) in [5, 5.41) is 13.7. The van der Waals surface area contributed by atoms with Crippen LogP contribution in [0.1, 0.15) is 28.5 Å². The van der Waals surface area contributed by atoms with Gasteiger partial charge in [-0.1, -0.05) is 41.7 Å². The molecule has 3 nitrogen and oxygen atoms in total. The highest BCUT2D eigenvalue weighted by Crippen LogP contribution is 2.19. The highest BCUT2D eigenvalue weighted by molar-refractivity contribution is 7.11. The molecule has 0 aliphatic rings. The van der Waals surface area contributed by atoms with Gasteiger partial charge in [-0.05, 0) is 19.5 Å². The Bertz CT molecular complexity index is 439. The van der Waals surface area contributed by atoms with Crippen molar-refractivity contribution in [2.45, 2.75) is 19.4 Å². The van der Waals surface area contributed by atoms with Crippen LogP contribution in [-0.2, 0) is 6.42 Å². The average Bonchev–Trinajstić information content (AvgIpc) is 2.78. The summed E-state index contributed by atoms with van der Waals surface area (Å²) >= 11 is 1.68. The van der Waals surface area contributed by atoms with Crippen LogP contribution >= 0.6 is 11.3 Å². The van der Waals surface area contributed by atoms with Crippen molar-refractivity contribution in [2.75, 3.05) is 7.05 Å². The summed E-state index contributed by atoms with van der Waals surface area (Å²) in [4.78, 5) is 0. The molecule has 1 N–H and O–H groups in total. The predicted octanol–water partition coefficient (Wildman–Crippen LogP) is 2.41. The summed E-state index contributed by atoms with van der Waals surface area (Å²) in [7, 11) is 1.93. The first-order chi connectivity index (χ1) is 7.79. The molecule has 1 heterocycles. The van der Waals surface area contributed by atoms with Crippen LogP contribution in [0.15, 0.2) is 30.3 Å². The third kappa shape index (κ3) is 2.65. The zero-order valence-corrected chi connectivity index (χ0v) is 10.3. The highest BCUT2D eigenvalue weighted by atomic mass is 32.1. The summed E-state index contributed by atoms with van der Waals surface area (Å²) < 4.78 is 0. The van der Waals surface area contributed by atoms with Crippen molar-refractivity contribution in [1.82, 2.24) is 15.5 Å². The second kappa shape index (κ2) is 5.18. The topological polar surface area (TPSA) is 37.8 Å². The molecule has 2 rings (SSSR count). The largest absolute Gasteiger partial charge is 0.311 e. The molecule has 0 saturated carbocycles. The van der Waals surface area contributed by atoms with Gasteiger partial charge in [0.05, 0.1) is 6.04 Å². The van der Waals surface area contributed by atoms with Crippen LogP contribution in [0.25, 0.3) is 0 Å². The van der Waals surface area contributed by atoms with Gasteiger partial charge in [0, 0.05) is 6.42 Å². The summed E-state index contributed by atoms with van der Waals surface area (Å²) in [5.74, 6) is 0. The Balaban J connectivity index is 2.09. The Morgan fingerprint density at radius 1 is 1.25 bits per heavy atom. The van der Waals surface area contributed by atoms with Crippen molar-refractivity contribution in [3.05, 3.63) is 45.9 Å². The van der Waals surface area contributed by atoms with Crippen LogP contribution in [0.4, 0.5) is 0 Å². The summed E-state index contributed by atoms with van der Waals surface area (Å²) in [5.41, 5.74) is 1.28. The van der Waals surface area contributed by atoms with E-state index in [9.17, 15) is 0 Å². The van der Waals surface area contributed by atoms with E-state index in [1.54, 1.807) is 11.3 Å². The van der Waals surface area contributed by atoms with Gasteiger partial charge in [0.1, 0.15) is 10.0 Å². The molecule has 1 aromatic carbocycles. The van der Waals surface area contributed by atoms with Crippen LogP contribution in [-0.4, -0.2) is 17.2 Å². The quantitative estimate of drug-likeness (QED) is 0.881. The third-order valence-electron chi connectivity index (χ3n) is 2.48. The Morgan fingerprint density at radius 3 is 2.69 bits per heavy atom. The summed E-state index contributed by atoms with van der Waals surface area (Å²) in [6, 6.07) is 10.6. The van der Waals surface area contributed by atoms with Gasteiger partial charge in [0.15, 0.2) is 0 Å². The van der Waals surface area contributed by atoms with Crippen molar-refractivity contribution in [1.29, 1.82) is 0 Å². The lowest BCUT2D eigenvalue weighted by Crippen LogP contribution is -2.11. The lowest BCUT2D eigenvalue weighted by atomic mass is 10.2. The summed E-state index contributed by atoms with van der Waals surface area (Å²) in [6.45, 7) is 2.09. The van der Waals surface area contributed by atoms with E-state index in [0.717, 1.165) is 16.4 Å². The number of nitrogens with zero attached hydrogens (tertiary/aromatic N) is 2. The molecule has 0 fully saturated rings. The van der Waals surface area contributed by atoms with Crippen molar-refractivity contribution >= 4 is 11.3 Å². The monoisotopic (exact) mass is 233 g/mol. The molecule has 0 spiro atoms. The molecule has 0 amide bonds. The fourth-order valence-corrected chi connectivity index (χ4v) is 2.35. The first-order valence-electron chi connectivity index (χ1n) is 5.33. The fourth-order valence-electron chi connectivity index (χ4n) is 1.41. The van der Waals surface area contributed by atoms with Gasteiger partial charge in [0.25, 0.3) is 0 Å². The van der Waals surface area contributed by atoms with Gasteiger partial charge < -0.3 is 5.32 Å². The molecular formula is C12H15N3S. The molecule has 4 heteroatoms. The van der Waals surface area contributed by atoms with Crippen molar-refractivity contribution < 1.29 is 0 Å². The van der Waals surface area contributed by atoms with Gasteiger partial charge in [-0.3, -0.25) is 0 Å². The maximum Gasteiger partial charge on any atom is 0.134 e.